The van der Waals surface area contributed by atoms with E-state index in [9.17, 15) is 19.1 Å². The van der Waals surface area contributed by atoms with Crippen LogP contribution < -0.4 is 10.4 Å². The summed E-state index contributed by atoms with van der Waals surface area (Å²) in [4.78, 5) is 27.0. The number of carbonyl (C=O) groups is 2. The Hall–Kier alpha value is -2.41. The van der Waals surface area contributed by atoms with Crippen LogP contribution in [0.4, 0.5) is 10.1 Å². The van der Waals surface area contributed by atoms with E-state index >= 15 is 0 Å². The van der Waals surface area contributed by atoms with Gasteiger partial charge in [0.15, 0.2) is 0 Å². The second kappa shape index (κ2) is 7.04. The van der Waals surface area contributed by atoms with Gasteiger partial charge in [0.05, 0.1) is 16.9 Å². The van der Waals surface area contributed by atoms with E-state index in [0.717, 1.165) is 11.8 Å². The van der Waals surface area contributed by atoms with Gasteiger partial charge < -0.3 is 15.2 Å². The number of pyridine rings is 1. The zero-order valence-electron chi connectivity index (χ0n) is 11.6. The molecule has 0 aliphatic heterocycles. The van der Waals surface area contributed by atoms with Crippen LogP contribution in [0.25, 0.3) is 0 Å². The molecule has 0 radical (unpaired) electrons. The van der Waals surface area contributed by atoms with E-state index in [-0.39, 0.29) is 16.3 Å². The van der Waals surface area contributed by atoms with Crippen molar-refractivity contribution < 1.29 is 19.1 Å². The lowest BCUT2D eigenvalue weighted by Gasteiger charge is -2.14. The third kappa shape index (κ3) is 3.82. The highest BCUT2D eigenvalue weighted by Crippen LogP contribution is 2.25. The van der Waals surface area contributed by atoms with Gasteiger partial charge in [-0.2, -0.15) is 0 Å². The van der Waals surface area contributed by atoms with E-state index < -0.39 is 22.9 Å². The summed E-state index contributed by atoms with van der Waals surface area (Å²) in [5.41, 5.74) is -0.0147. The second-order valence-corrected chi connectivity index (χ2v) is 5.70. The number of rotatable bonds is 5. The standard InChI is InChI=1S/C15H13FN2O3S/c1-9(13(19)18-12-7-3-2-6-11(12)16)22-14-10(15(20)21)5-4-8-17-14/h2-9H,1H3,(H,18,19)(H,20,21)/p-1/t9-/m1/s1. The fourth-order valence-corrected chi connectivity index (χ4v) is 2.56. The molecule has 22 heavy (non-hydrogen) atoms. The molecule has 0 aliphatic carbocycles. The van der Waals surface area contributed by atoms with E-state index in [1.165, 1.54) is 36.5 Å². The number of halogens is 1. The molecule has 1 N–H and O–H groups in total. The van der Waals surface area contributed by atoms with Gasteiger partial charge in [-0.15, -0.1) is 0 Å². The van der Waals surface area contributed by atoms with Gasteiger partial charge in [-0.3, -0.25) is 4.79 Å². The molecule has 7 heteroatoms. The highest BCUT2D eigenvalue weighted by Gasteiger charge is 2.18. The van der Waals surface area contributed by atoms with Crippen LogP contribution >= 0.6 is 11.8 Å². The molecule has 2 rings (SSSR count). The highest BCUT2D eigenvalue weighted by atomic mass is 32.2. The molecule has 1 aromatic heterocycles. The van der Waals surface area contributed by atoms with Crippen LogP contribution in [0, 0.1) is 5.82 Å². The van der Waals surface area contributed by atoms with E-state index in [0.29, 0.717) is 0 Å². The predicted octanol–water partition coefficient (Wildman–Crippen LogP) is 1.70. The summed E-state index contributed by atoms with van der Waals surface area (Å²) in [7, 11) is 0. The fraction of sp³-hybridized carbons (Fsp3) is 0.133. The van der Waals surface area contributed by atoms with Crippen molar-refractivity contribution in [3.05, 3.63) is 54.0 Å². The maximum absolute atomic E-state index is 13.5. The third-order valence-electron chi connectivity index (χ3n) is 2.78. The van der Waals surface area contributed by atoms with Crippen molar-refractivity contribution in [2.24, 2.45) is 0 Å². The molecule has 0 aliphatic rings. The summed E-state index contributed by atoms with van der Waals surface area (Å²) in [6, 6.07) is 8.62. The number of hydrogen-bond donors (Lipinski definition) is 1. The second-order valence-electron chi connectivity index (χ2n) is 4.37. The normalized spacial score (nSPS) is 11.7. The van der Waals surface area contributed by atoms with Gasteiger partial charge in [-0.1, -0.05) is 23.9 Å². The number of nitrogens with zero attached hydrogens (tertiary/aromatic N) is 1. The summed E-state index contributed by atoms with van der Waals surface area (Å²) in [6.07, 6.45) is 1.43. The van der Waals surface area contributed by atoms with E-state index in [1.54, 1.807) is 13.0 Å². The first kappa shape index (κ1) is 16.0. The average Bonchev–Trinajstić information content (AvgIpc) is 2.49. The number of aromatic carboxylic acids is 1. The number of benzene rings is 1. The average molecular weight is 319 g/mol. The molecule has 1 atom stereocenters. The summed E-state index contributed by atoms with van der Waals surface area (Å²) in [6.45, 7) is 1.58. The van der Waals surface area contributed by atoms with Crippen molar-refractivity contribution >= 4 is 29.3 Å². The SMILES string of the molecule is C[C@@H](Sc1ncccc1C(=O)[O-])C(=O)Nc1ccccc1F. The van der Waals surface area contributed by atoms with Crippen molar-refractivity contribution in [3.63, 3.8) is 0 Å². The molecule has 0 bridgehead atoms. The summed E-state index contributed by atoms with van der Waals surface area (Å²) in [5, 5.41) is 13.0. The number of carboxylic acids is 1. The fourth-order valence-electron chi connectivity index (χ4n) is 1.66. The van der Waals surface area contributed by atoms with Crippen molar-refractivity contribution in [1.29, 1.82) is 0 Å². The number of anilines is 1. The van der Waals surface area contributed by atoms with Crippen LogP contribution in [0.3, 0.4) is 0 Å². The summed E-state index contributed by atoms with van der Waals surface area (Å²) >= 11 is 0.965. The Morgan fingerprint density at radius 3 is 2.68 bits per heavy atom. The largest absolute Gasteiger partial charge is 0.545 e. The lowest BCUT2D eigenvalue weighted by molar-refractivity contribution is -0.255. The monoisotopic (exact) mass is 319 g/mol. The van der Waals surface area contributed by atoms with Gasteiger partial charge >= 0.3 is 0 Å². The smallest absolute Gasteiger partial charge is 0.237 e. The molecule has 0 unspecified atom stereocenters. The molecule has 1 amide bonds. The summed E-state index contributed by atoms with van der Waals surface area (Å²) < 4.78 is 13.5. The minimum Gasteiger partial charge on any atom is -0.545 e. The maximum Gasteiger partial charge on any atom is 0.237 e. The molecular formula is C15H12FN2O3S-. The first-order chi connectivity index (χ1) is 10.5. The molecule has 0 saturated carbocycles. The molecule has 0 saturated heterocycles. The molecule has 114 valence electrons. The van der Waals surface area contributed by atoms with Crippen LogP contribution in [0.15, 0.2) is 47.6 Å². The van der Waals surface area contributed by atoms with E-state index in [4.69, 9.17) is 0 Å². The third-order valence-corrected chi connectivity index (χ3v) is 3.90. The zero-order chi connectivity index (χ0) is 16.1. The lowest BCUT2D eigenvalue weighted by Crippen LogP contribution is -2.25. The zero-order valence-corrected chi connectivity index (χ0v) is 12.4. The molecule has 1 aromatic carbocycles. The molecule has 2 aromatic rings. The number of carbonyl (C=O) groups excluding carboxylic acids is 2. The molecule has 5 nitrogen and oxygen atoms in total. The first-order valence-electron chi connectivity index (χ1n) is 6.37. The highest BCUT2D eigenvalue weighted by molar-refractivity contribution is 8.00. The number of carboxylic acid groups (broad SMARTS) is 1. The van der Waals surface area contributed by atoms with Crippen LogP contribution in [-0.4, -0.2) is 22.1 Å². The number of hydrogen-bond acceptors (Lipinski definition) is 5. The van der Waals surface area contributed by atoms with E-state index in [1.807, 2.05) is 0 Å². The molecule has 0 spiro atoms. The minimum atomic E-state index is -1.36. The van der Waals surface area contributed by atoms with Gasteiger partial charge in [-0.05, 0) is 31.2 Å². The Bertz CT molecular complexity index is 709. The predicted molar refractivity (Wildman–Crippen MR) is 78.9 cm³/mol. The topological polar surface area (TPSA) is 82.1 Å². The minimum absolute atomic E-state index is 0.0705. The quantitative estimate of drug-likeness (QED) is 0.848. The van der Waals surface area contributed by atoms with Crippen molar-refractivity contribution in [1.82, 2.24) is 4.98 Å². The Balaban J connectivity index is 2.09. The number of nitrogens with one attached hydrogen (secondary N) is 1. The van der Waals surface area contributed by atoms with Crippen LogP contribution in [-0.2, 0) is 4.79 Å². The maximum atomic E-state index is 13.5. The van der Waals surface area contributed by atoms with Crippen molar-refractivity contribution in [2.45, 2.75) is 17.2 Å². The van der Waals surface area contributed by atoms with Gasteiger partial charge in [0.25, 0.3) is 0 Å². The van der Waals surface area contributed by atoms with Gasteiger partial charge in [-0.25, -0.2) is 9.37 Å². The van der Waals surface area contributed by atoms with Crippen LogP contribution in [0.1, 0.15) is 17.3 Å². The number of para-hydroxylation sites is 1. The van der Waals surface area contributed by atoms with Gasteiger partial charge in [0.1, 0.15) is 10.8 Å². The number of thioether (sulfide) groups is 1. The van der Waals surface area contributed by atoms with Gasteiger partial charge in [0, 0.05) is 11.8 Å². The first-order valence-corrected chi connectivity index (χ1v) is 7.25. The molecular weight excluding hydrogens is 307 g/mol. The van der Waals surface area contributed by atoms with Crippen molar-refractivity contribution in [3.8, 4) is 0 Å². The number of aromatic nitrogens is 1. The Kier molecular flexibility index (Phi) is 5.11. The summed E-state index contributed by atoms with van der Waals surface area (Å²) in [5.74, 6) is -2.36. The van der Waals surface area contributed by atoms with Crippen LogP contribution in [0.2, 0.25) is 0 Å². The van der Waals surface area contributed by atoms with Crippen molar-refractivity contribution in [2.75, 3.05) is 5.32 Å². The van der Waals surface area contributed by atoms with E-state index in [2.05, 4.69) is 10.3 Å². The molecule has 0 fully saturated rings. The Labute approximate surface area is 130 Å². The lowest BCUT2D eigenvalue weighted by atomic mass is 10.3. The Morgan fingerprint density at radius 2 is 2.00 bits per heavy atom. The van der Waals surface area contributed by atoms with Gasteiger partial charge in [0.2, 0.25) is 5.91 Å². The molecule has 1 heterocycles. The van der Waals surface area contributed by atoms with Crippen LogP contribution in [0.5, 0.6) is 0 Å². The number of amides is 1. The Morgan fingerprint density at radius 1 is 1.27 bits per heavy atom.